The summed E-state index contributed by atoms with van der Waals surface area (Å²) in [7, 11) is 0. The van der Waals surface area contributed by atoms with E-state index < -0.39 is 0 Å². The van der Waals surface area contributed by atoms with Crippen LogP contribution in [-0.4, -0.2) is 21.8 Å². The predicted molar refractivity (Wildman–Crippen MR) is 111 cm³/mol. The van der Waals surface area contributed by atoms with Gasteiger partial charge in [-0.05, 0) is 20.8 Å². The van der Waals surface area contributed by atoms with Crippen molar-refractivity contribution in [2.24, 2.45) is 4.99 Å². The zero-order chi connectivity index (χ0) is 18.9. The first-order chi connectivity index (χ1) is 13.0. The van der Waals surface area contributed by atoms with Crippen molar-refractivity contribution in [3.63, 3.8) is 0 Å². The topological polar surface area (TPSA) is 62.2 Å². The molecule has 1 aliphatic rings. The van der Waals surface area contributed by atoms with Crippen LogP contribution in [0.5, 0.6) is 0 Å². The number of hydrogen-bond donors (Lipinski definition) is 2. The molecule has 0 spiro atoms. The first kappa shape index (κ1) is 17.4. The Morgan fingerprint density at radius 1 is 0.815 bits per heavy atom. The lowest BCUT2D eigenvalue weighted by molar-refractivity contribution is 0.366. The van der Waals surface area contributed by atoms with Gasteiger partial charge in [-0.1, -0.05) is 60.7 Å². The average Bonchev–Trinajstić information content (AvgIpc) is 2.67. The maximum absolute atomic E-state index is 5.02. The quantitative estimate of drug-likeness (QED) is 0.716. The zero-order valence-corrected chi connectivity index (χ0v) is 15.8. The molecule has 0 fully saturated rings. The molecule has 0 saturated carbocycles. The van der Waals surface area contributed by atoms with Crippen LogP contribution in [0.25, 0.3) is 22.5 Å². The molecule has 2 N–H and O–H groups in total. The first-order valence-electron chi connectivity index (χ1n) is 9.10. The molecule has 4 rings (SSSR count). The van der Waals surface area contributed by atoms with Gasteiger partial charge in [-0.15, -0.1) is 0 Å². The van der Waals surface area contributed by atoms with Gasteiger partial charge in [0.1, 0.15) is 11.9 Å². The third-order valence-electron chi connectivity index (χ3n) is 4.27. The number of nitrogens with one attached hydrogen (secondary N) is 2. The second-order valence-electron chi connectivity index (χ2n) is 7.61. The minimum absolute atomic E-state index is 0.0939. The Morgan fingerprint density at radius 2 is 1.37 bits per heavy atom. The van der Waals surface area contributed by atoms with E-state index in [0.29, 0.717) is 0 Å². The molecule has 27 heavy (non-hydrogen) atoms. The average molecular weight is 357 g/mol. The highest BCUT2D eigenvalue weighted by molar-refractivity contribution is 5.83. The number of rotatable bonds is 3. The second kappa shape index (κ2) is 6.93. The Morgan fingerprint density at radius 3 is 1.93 bits per heavy atom. The van der Waals surface area contributed by atoms with Crippen LogP contribution in [0.1, 0.15) is 32.6 Å². The number of hydrogen-bond acceptors (Lipinski definition) is 5. The largest absolute Gasteiger partial charge is 0.330 e. The molecule has 0 radical (unpaired) electrons. The molecule has 2 heterocycles. The Bertz CT molecular complexity index is 959. The van der Waals surface area contributed by atoms with E-state index in [-0.39, 0.29) is 11.7 Å². The fourth-order valence-electron chi connectivity index (χ4n) is 3.10. The van der Waals surface area contributed by atoms with Crippen LogP contribution >= 0.6 is 0 Å². The molecule has 1 aliphatic heterocycles. The number of aromatic nitrogens is 2. The van der Waals surface area contributed by atoms with Gasteiger partial charge in [-0.2, -0.15) is 0 Å². The SMILES string of the molecule is CC(C)(C)NC1N=CNc2nc(-c3ccccc3)c(-c3ccccc3)nc21. The molecule has 2 aromatic carbocycles. The smallest absolute Gasteiger partial charge is 0.157 e. The molecule has 5 nitrogen and oxygen atoms in total. The van der Waals surface area contributed by atoms with Gasteiger partial charge in [0.25, 0.3) is 0 Å². The molecule has 0 bridgehead atoms. The van der Waals surface area contributed by atoms with Gasteiger partial charge >= 0.3 is 0 Å². The molecule has 3 aromatic rings. The van der Waals surface area contributed by atoms with Crippen LogP contribution in [0.4, 0.5) is 5.82 Å². The summed E-state index contributed by atoms with van der Waals surface area (Å²) >= 11 is 0. The van der Waals surface area contributed by atoms with E-state index in [2.05, 4.69) is 60.7 Å². The van der Waals surface area contributed by atoms with Crippen LogP contribution in [0.2, 0.25) is 0 Å². The highest BCUT2D eigenvalue weighted by atomic mass is 15.2. The minimum Gasteiger partial charge on any atom is -0.330 e. The molecule has 5 heteroatoms. The van der Waals surface area contributed by atoms with E-state index in [4.69, 9.17) is 9.97 Å². The van der Waals surface area contributed by atoms with Gasteiger partial charge in [0.2, 0.25) is 0 Å². The Labute approximate surface area is 159 Å². The summed E-state index contributed by atoms with van der Waals surface area (Å²) < 4.78 is 0. The van der Waals surface area contributed by atoms with Crippen LogP contribution in [0, 0.1) is 0 Å². The van der Waals surface area contributed by atoms with Crippen molar-refractivity contribution in [2.45, 2.75) is 32.5 Å². The second-order valence-corrected chi connectivity index (χ2v) is 7.61. The van der Waals surface area contributed by atoms with Gasteiger partial charge in [0.05, 0.1) is 17.7 Å². The fourth-order valence-corrected chi connectivity index (χ4v) is 3.10. The highest BCUT2D eigenvalue weighted by Gasteiger charge is 2.27. The normalized spacial score (nSPS) is 15.9. The third kappa shape index (κ3) is 3.73. The van der Waals surface area contributed by atoms with Crippen LogP contribution in [-0.2, 0) is 0 Å². The molecule has 0 amide bonds. The molecule has 0 aliphatic carbocycles. The molecular weight excluding hydrogens is 334 g/mol. The zero-order valence-electron chi connectivity index (χ0n) is 15.8. The maximum atomic E-state index is 5.02. The molecule has 1 unspecified atom stereocenters. The molecular formula is C22H23N5. The number of nitrogens with zero attached hydrogens (tertiary/aromatic N) is 3. The number of anilines is 1. The minimum atomic E-state index is -0.235. The van der Waals surface area contributed by atoms with Crippen LogP contribution in [0.3, 0.4) is 0 Å². The molecule has 1 atom stereocenters. The summed E-state index contributed by atoms with van der Waals surface area (Å²) in [5.41, 5.74) is 4.51. The fraction of sp³-hybridized carbons (Fsp3) is 0.227. The molecule has 136 valence electrons. The van der Waals surface area contributed by atoms with Gasteiger partial charge in [0, 0.05) is 16.7 Å². The van der Waals surface area contributed by atoms with Gasteiger partial charge < -0.3 is 5.32 Å². The lowest BCUT2D eigenvalue weighted by Crippen LogP contribution is -2.40. The van der Waals surface area contributed by atoms with Crippen molar-refractivity contribution in [3.05, 3.63) is 66.4 Å². The highest BCUT2D eigenvalue weighted by Crippen LogP contribution is 2.34. The van der Waals surface area contributed by atoms with E-state index in [9.17, 15) is 0 Å². The first-order valence-corrected chi connectivity index (χ1v) is 9.10. The van der Waals surface area contributed by atoms with Crippen molar-refractivity contribution in [1.29, 1.82) is 0 Å². The summed E-state index contributed by atoms with van der Waals surface area (Å²) in [5.74, 6) is 0.741. The van der Waals surface area contributed by atoms with Gasteiger partial charge in [-0.3, -0.25) is 5.32 Å². The van der Waals surface area contributed by atoms with Crippen LogP contribution in [0.15, 0.2) is 65.7 Å². The lowest BCUT2D eigenvalue weighted by Gasteiger charge is -2.29. The molecule has 1 aromatic heterocycles. The van der Waals surface area contributed by atoms with Crippen molar-refractivity contribution in [1.82, 2.24) is 15.3 Å². The monoisotopic (exact) mass is 357 g/mol. The third-order valence-corrected chi connectivity index (χ3v) is 4.27. The van der Waals surface area contributed by atoms with E-state index in [1.54, 1.807) is 6.34 Å². The van der Waals surface area contributed by atoms with Gasteiger partial charge in [-0.25, -0.2) is 15.0 Å². The Balaban J connectivity index is 1.89. The standard InChI is InChI=1S/C22H23N5/c1-22(2,3)27-21-19-20(23-14-24-21)26-18(16-12-8-5-9-13-16)17(25-19)15-10-6-4-7-11-15/h4-14,21,27H,1-3H3,(H,23,24,26). The number of benzene rings is 2. The maximum Gasteiger partial charge on any atom is 0.157 e. The Kier molecular flexibility index (Phi) is 4.46. The van der Waals surface area contributed by atoms with Crippen molar-refractivity contribution < 1.29 is 0 Å². The summed E-state index contributed by atoms with van der Waals surface area (Å²) in [5, 5.41) is 6.67. The number of fused-ring (bicyclic) bond motifs is 1. The van der Waals surface area contributed by atoms with Crippen LogP contribution < -0.4 is 10.6 Å². The van der Waals surface area contributed by atoms with Crippen molar-refractivity contribution >= 4 is 12.2 Å². The number of aliphatic imine (C=N–C) groups is 1. The molecule has 0 saturated heterocycles. The summed E-state index contributed by atoms with van der Waals surface area (Å²) in [6.07, 6.45) is 1.46. The Hall–Kier alpha value is -3.05. The van der Waals surface area contributed by atoms with E-state index in [1.165, 1.54) is 0 Å². The summed E-state index contributed by atoms with van der Waals surface area (Å²) in [6, 6.07) is 20.3. The predicted octanol–water partition coefficient (Wildman–Crippen LogP) is 4.65. The summed E-state index contributed by atoms with van der Waals surface area (Å²) in [6.45, 7) is 6.36. The summed E-state index contributed by atoms with van der Waals surface area (Å²) in [4.78, 5) is 14.5. The van der Waals surface area contributed by atoms with Crippen molar-refractivity contribution in [2.75, 3.05) is 5.32 Å². The van der Waals surface area contributed by atoms with E-state index in [0.717, 1.165) is 34.0 Å². The van der Waals surface area contributed by atoms with E-state index in [1.807, 2.05) is 36.4 Å². The van der Waals surface area contributed by atoms with Gasteiger partial charge in [0.15, 0.2) is 5.82 Å². The van der Waals surface area contributed by atoms with Crippen molar-refractivity contribution in [3.8, 4) is 22.5 Å². The van der Waals surface area contributed by atoms with E-state index >= 15 is 0 Å². The lowest BCUT2D eigenvalue weighted by atomic mass is 10.0.